The van der Waals surface area contributed by atoms with Crippen LogP contribution in [0.5, 0.6) is 0 Å². The standard InChI is InChI=1S/C18H20N4O2S/c1-4-12-7-5-6-8-14(12)20-16(23)10-19-17(24)15-9-13-11(2)21-22(3)18(13)25-15/h5-9H,4,10H2,1-3H3,(H,19,24)(H,20,23). The molecule has 0 aliphatic rings. The molecule has 2 heterocycles. The SMILES string of the molecule is CCc1ccccc1NC(=O)CNC(=O)c1cc2c(C)nn(C)c2s1. The number of nitrogens with one attached hydrogen (secondary N) is 2. The largest absolute Gasteiger partial charge is 0.342 e. The number of aryl methyl sites for hydroxylation is 3. The molecule has 25 heavy (non-hydrogen) atoms. The van der Waals surface area contributed by atoms with Crippen LogP contribution in [0.2, 0.25) is 0 Å². The molecule has 2 N–H and O–H groups in total. The summed E-state index contributed by atoms with van der Waals surface area (Å²) >= 11 is 1.37. The van der Waals surface area contributed by atoms with E-state index < -0.39 is 0 Å². The van der Waals surface area contributed by atoms with E-state index in [4.69, 9.17) is 0 Å². The molecular formula is C18H20N4O2S. The number of carbonyl (C=O) groups is 2. The van der Waals surface area contributed by atoms with Gasteiger partial charge in [0, 0.05) is 18.1 Å². The molecule has 3 aromatic rings. The minimum Gasteiger partial charge on any atom is -0.342 e. The summed E-state index contributed by atoms with van der Waals surface area (Å²) in [5, 5.41) is 10.8. The van der Waals surface area contributed by atoms with E-state index in [1.807, 2.05) is 51.2 Å². The number of aromatic nitrogens is 2. The zero-order chi connectivity index (χ0) is 18.0. The molecule has 0 spiro atoms. The molecule has 2 aromatic heterocycles. The Kier molecular flexibility index (Phi) is 4.85. The molecule has 2 amide bonds. The second-order valence-electron chi connectivity index (χ2n) is 5.78. The third kappa shape index (κ3) is 3.56. The molecule has 0 saturated heterocycles. The molecule has 130 valence electrons. The first kappa shape index (κ1) is 17.2. The molecule has 7 heteroatoms. The predicted octanol–water partition coefficient (Wildman–Crippen LogP) is 2.87. The van der Waals surface area contributed by atoms with Gasteiger partial charge in [-0.05, 0) is 31.0 Å². The summed E-state index contributed by atoms with van der Waals surface area (Å²) < 4.78 is 1.76. The van der Waals surface area contributed by atoms with E-state index in [9.17, 15) is 9.59 Å². The van der Waals surface area contributed by atoms with E-state index in [2.05, 4.69) is 15.7 Å². The van der Waals surface area contributed by atoms with Crippen LogP contribution in [0.25, 0.3) is 10.2 Å². The van der Waals surface area contributed by atoms with E-state index in [-0.39, 0.29) is 18.4 Å². The predicted molar refractivity (Wildman–Crippen MR) is 100 cm³/mol. The first-order valence-corrected chi connectivity index (χ1v) is 8.90. The number of hydrogen-bond donors (Lipinski definition) is 2. The third-order valence-corrected chi connectivity index (χ3v) is 5.20. The molecular weight excluding hydrogens is 336 g/mol. The van der Waals surface area contributed by atoms with Crippen molar-refractivity contribution in [3.8, 4) is 0 Å². The lowest BCUT2D eigenvalue weighted by molar-refractivity contribution is -0.115. The maximum atomic E-state index is 12.3. The number of amides is 2. The van der Waals surface area contributed by atoms with Crippen molar-refractivity contribution in [1.29, 1.82) is 0 Å². The van der Waals surface area contributed by atoms with Gasteiger partial charge in [0.1, 0.15) is 4.83 Å². The minimum absolute atomic E-state index is 0.0671. The Morgan fingerprint density at radius 3 is 2.76 bits per heavy atom. The van der Waals surface area contributed by atoms with E-state index in [1.165, 1.54) is 11.3 Å². The number of benzene rings is 1. The van der Waals surface area contributed by atoms with E-state index >= 15 is 0 Å². The van der Waals surface area contributed by atoms with Crippen LogP contribution in [0.4, 0.5) is 5.69 Å². The Morgan fingerprint density at radius 1 is 1.28 bits per heavy atom. The summed E-state index contributed by atoms with van der Waals surface area (Å²) in [6.45, 7) is 3.88. The van der Waals surface area contributed by atoms with Crippen LogP contribution < -0.4 is 10.6 Å². The lowest BCUT2D eigenvalue weighted by Gasteiger charge is -2.10. The van der Waals surface area contributed by atoms with Crippen molar-refractivity contribution in [2.75, 3.05) is 11.9 Å². The highest BCUT2D eigenvalue weighted by atomic mass is 32.1. The molecule has 0 saturated carbocycles. The third-order valence-electron chi connectivity index (χ3n) is 4.00. The van der Waals surface area contributed by atoms with Crippen molar-refractivity contribution in [1.82, 2.24) is 15.1 Å². The van der Waals surface area contributed by atoms with Crippen molar-refractivity contribution in [3.05, 3.63) is 46.5 Å². The first-order valence-electron chi connectivity index (χ1n) is 8.08. The van der Waals surface area contributed by atoms with Crippen LogP contribution in [0, 0.1) is 6.92 Å². The smallest absolute Gasteiger partial charge is 0.261 e. The van der Waals surface area contributed by atoms with Crippen molar-refractivity contribution < 1.29 is 9.59 Å². The summed E-state index contributed by atoms with van der Waals surface area (Å²) in [6, 6.07) is 9.47. The van der Waals surface area contributed by atoms with Crippen molar-refractivity contribution >= 4 is 39.1 Å². The molecule has 3 rings (SSSR count). The van der Waals surface area contributed by atoms with Gasteiger partial charge in [-0.15, -0.1) is 11.3 Å². The van der Waals surface area contributed by atoms with Crippen LogP contribution in [0.15, 0.2) is 30.3 Å². The normalized spacial score (nSPS) is 10.8. The second-order valence-corrected chi connectivity index (χ2v) is 6.81. The summed E-state index contributed by atoms with van der Waals surface area (Å²) in [5.41, 5.74) is 2.74. The topological polar surface area (TPSA) is 76.0 Å². The zero-order valence-corrected chi connectivity index (χ0v) is 15.2. The number of hydrogen-bond acceptors (Lipinski definition) is 4. The summed E-state index contributed by atoms with van der Waals surface area (Å²) in [7, 11) is 1.85. The highest BCUT2D eigenvalue weighted by molar-refractivity contribution is 7.20. The van der Waals surface area contributed by atoms with Gasteiger partial charge in [-0.3, -0.25) is 14.3 Å². The number of anilines is 1. The van der Waals surface area contributed by atoms with Crippen LogP contribution in [0.1, 0.15) is 27.9 Å². The molecule has 0 aliphatic heterocycles. The van der Waals surface area contributed by atoms with E-state index in [1.54, 1.807) is 4.68 Å². The Labute approximate surface area is 149 Å². The van der Waals surface area contributed by atoms with Gasteiger partial charge in [0.15, 0.2) is 0 Å². The Balaban J connectivity index is 1.63. The average Bonchev–Trinajstić information content (AvgIpc) is 3.15. The first-order chi connectivity index (χ1) is 12.0. The number of thiophene rings is 1. The monoisotopic (exact) mass is 356 g/mol. The lowest BCUT2D eigenvalue weighted by atomic mass is 10.1. The minimum atomic E-state index is -0.250. The van der Waals surface area contributed by atoms with Gasteiger partial charge in [-0.25, -0.2) is 0 Å². The Morgan fingerprint density at radius 2 is 2.04 bits per heavy atom. The number of rotatable bonds is 5. The lowest BCUT2D eigenvalue weighted by Crippen LogP contribution is -2.32. The van der Waals surface area contributed by atoms with Crippen LogP contribution in [-0.4, -0.2) is 28.1 Å². The zero-order valence-electron chi connectivity index (χ0n) is 14.4. The molecule has 0 radical (unpaired) electrons. The molecule has 1 aromatic carbocycles. The summed E-state index contributed by atoms with van der Waals surface area (Å²) in [4.78, 5) is 25.9. The van der Waals surface area contributed by atoms with Crippen molar-refractivity contribution in [3.63, 3.8) is 0 Å². The summed E-state index contributed by atoms with van der Waals surface area (Å²) in [5.74, 6) is -0.493. The molecule has 0 atom stereocenters. The molecule has 6 nitrogen and oxygen atoms in total. The van der Waals surface area contributed by atoms with Gasteiger partial charge < -0.3 is 10.6 Å². The maximum Gasteiger partial charge on any atom is 0.261 e. The van der Waals surface area contributed by atoms with Gasteiger partial charge in [0.2, 0.25) is 5.91 Å². The van der Waals surface area contributed by atoms with Crippen LogP contribution in [-0.2, 0) is 18.3 Å². The number of carbonyl (C=O) groups excluding carboxylic acids is 2. The second kappa shape index (κ2) is 7.06. The maximum absolute atomic E-state index is 12.3. The Hall–Kier alpha value is -2.67. The number of para-hydroxylation sites is 1. The number of nitrogens with zero attached hydrogens (tertiary/aromatic N) is 2. The van der Waals surface area contributed by atoms with Gasteiger partial charge in [0.05, 0.1) is 17.1 Å². The molecule has 0 unspecified atom stereocenters. The molecule has 0 fully saturated rings. The highest BCUT2D eigenvalue weighted by Crippen LogP contribution is 2.27. The quantitative estimate of drug-likeness (QED) is 0.738. The van der Waals surface area contributed by atoms with E-state index in [0.717, 1.165) is 33.6 Å². The summed E-state index contributed by atoms with van der Waals surface area (Å²) in [6.07, 6.45) is 0.831. The van der Waals surface area contributed by atoms with Gasteiger partial charge in [-0.1, -0.05) is 25.1 Å². The number of fused-ring (bicyclic) bond motifs is 1. The fourth-order valence-electron chi connectivity index (χ4n) is 2.71. The van der Waals surface area contributed by atoms with Crippen LogP contribution >= 0.6 is 11.3 Å². The average molecular weight is 356 g/mol. The van der Waals surface area contributed by atoms with Crippen LogP contribution in [0.3, 0.4) is 0 Å². The molecule has 0 aliphatic carbocycles. The molecule has 0 bridgehead atoms. The van der Waals surface area contributed by atoms with Crippen molar-refractivity contribution in [2.24, 2.45) is 7.05 Å². The van der Waals surface area contributed by atoms with E-state index in [0.29, 0.717) is 4.88 Å². The van der Waals surface area contributed by atoms with Gasteiger partial charge in [-0.2, -0.15) is 5.10 Å². The fraction of sp³-hybridized carbons (Fsp3) is 0.278. The fourth-order valence-corrected chi connectivity index (χ4v) is 3.75. The van der Waals surface area contributed by atoms with Gasteiger partial charge in [0.25, 0.3) is 5.91 Å². The Bertz CT molecular complexity index is 907. The highest BCUT2D eigenvalue weighted by Gasteiger charge is 2.16. The van der Waals surface area contributed by atoms with Crippen molar-refractivity contribution in [2.45, 2.75) is 20.3 Å². The van der Waals surface area contributed by atoms with Gasteiger partial charge >= 0.3 is 0 Å².